The molecule has 14 rings (SSSR count). The van der Waals surface area contributed by atoms with Gasteiger partial charge in [0.15, 0.2) is 0 Å². The molecule has 0 bridgehead atoms. The van der Waals surface area contributed by atoms with Gasteiger partial charge in [0, 0.05) is 66.4 Å². The Morgan fingerprint density at radius 1 is 0.229 bits per heavy atom. The first-order valence-corrected chi connectivity index (χ1v) is 24.0. The minimum atomic E-state index is 1.10. The van der Waals surface area contributed by atoms with Crippen LogP contribution < -0.4 is 4.90 Å². The number of nitrogens with zero attached hydrogens (tertiary/aromatic N) is 4. The van der Waals surface area contributed by atoms with Crippen molar-refractivity contribution in [3.05, 3.63) is 267 Å². The second kappa shape index (κ2) is 16.2. The van der Waals surface area contributed by atoms with E-state index in [2.05, 4.69) is 286 Å². The lowest BCUT2D eigenvalue weighted by atomic mass is 9.95. The van der Waals surface area contributed by atoms with Crippen molar-refractivity contribution in [2.75, 3.05) is 4.90 Å². The topological polar surface area (TPSA) is 18.0 Å². The highest BCUT2D eigenvalue weighted by Gasteiger charge is 2.22. The van der Waals surface area contributed by atoms with Crippen molar-refractivity contribution in [3.63, 3.8) is 0 Å². The van der Waals surface area contributed by atoms with Gasteiger partial charge < -0.3 is 18.6 Å². The molecule has 0 N–H and O–H groups in total. The first-order valence-electron chi connectivity index (χ1n) is 24.0. The van der Waals surface area contributed by atoms with Crippen molar-refractivity contribution in [2.24, 2.45) is 0 Å². The molecule has 4 nitrogen and oxygen atoms in total. The molecule has 0 aliphatic carbocycles. The van der Waals surface area contributed by atoms with E-state index in [9.17, 15) is 0 Å². The zero-order valence-electron chi connectivity index (χ0n) is 38.2. The lowest BCUT2D eigenvalue weighted by Gasteiger charge is -2.25. The Labute approximate surface area is 405 Å². The molecule has 0 saturated carbocycles. The molecule has 328 valence electrons. The van der Waals surface area contributed by atoms with E-state index in [4.69, 9.17) is 0 Å². The smallest absolute Gasteiger partial charge is 0.0547 e. The highest BCUT2D eigenvalue weighted by Crippen LogP contribution is 2.45. The highest BCUT2D eigenvalue weighted by atomic mass is 15.1. The number of fused-ring (bicyclic) bond motifs is 9. The van der Waals surface area contributed by atoms with Crippen molar-refractivity contribution in [1.82, 2.24) is 13.7 Å². The van der Waals surface area contributed by atoms with Crippen LogP contribution in [0.5, 0.6) is 0 Å². The minimum absolute atomic E-state index is 1.10. The fourth-order valence-electron chi connectivity index (χ4n) is 11.2. The van der Waals surface area contributed by atoms with Crippen LogP contribution in [0.4, 0.5) is 17.1 Å². The summed E-state index contributed by atoms with van der Waals surface area (Å²) in [5.74, 6) is 0. The van der Waals surface area contributed by atoms with Crippen LogP contribution in [0.1, 0.15) is 0 Å². The standard InChI is InChI=1S/C66H44N4/c1-5-19-45(20-6-1)46-35-41-61-57(43-46)58-44-52(40-42-62(58)68(61)49-25-11-4-12-26-49)70-60-32-16-14-28-56(60)66-54(30-18-34-64(66)70)53-29-17-33-63-65(53)55-27-13-15-31-59(55)69(63)51-38-36-50(37-39-51)67(47-21-7-2-8-22-47)48-23-9-3-10-24-48/h1-44H. The Hall–Kier alpha value is -9.38. The van der Waals surface area contributed by atoms with Crippen LogP contribution in [0.15, 0.2) is 267 Å². The van der Waals surface area contributed by atoms with Crippen LogP contribution >= 0.6 is 0 Å². The van der Waals surface area contributed by atoms with Crippen LogP contribution in [0.3, 0.4) is 0 Å². The molecule has 4 heteroatoms. The Morgan fingerprint density at radius 3 is 1.21 bits per heavy atom. The number of rotatable bonds is 8. The molecule has 0 radical (unpaired) electrons. The minimum Gasteiger partial charge on any atom is -0.311 e. The number of hydrogen-bond acceptors (Lipinski definition) is 1. The van der Waals surface area contributed by atoms with Gasteiger partial charge in [-0.2, -0.15) is 0 Å². The average Bonchev–Trinajstić information content (AvgIpc) is 4.08. The van der Waals surface area contributed by atoms with Gasteiger partial charge in [0.2, 0.25) is 0 Å². The summed E-state index contributed by atoms with van der Waals surface area (Å²) in [7, 11) is 0. The summed E-state index contributed by atoms with van der Waals surface area (Å²) >= 11 is 0. The van der Waals surface area contributed by atoms with Crippen LogP contribution in [0.2, 0.25) is 0 Å². The van der Waals surface area contributed by atoms with E-state index in [0.717, 1.165) is 34.1 Å². The molecule has 14 aromatic rings. The second-order valence-electron chi connectivity index (χ2n) is 18.1. The summed E-state index contributed by atoms with van der Waals surface area (Å²) in [5.41, 5.74) is 18.6. The summed E-state index contributed by atoms with van der Waals surface area (Å²) in [6.45, 7) is 0. The van der Waals surface area contributed by atoms with Gasteiger partial charge in [-0.25, -0.2) is 0 Å². The summed E-state index contributed by atoms with van der Waals surface area (Å²) < 4.78 is 7.31. The number of aromatic nitrogens is 3. The van der Waals surface area contributed by atoms with Crippen LogP contribution in [0.25, 0.3) is 105 Å². The van der Waals surface area contributed by atoms with E-state index in [-0.39, 0.29) is 0 Å². The maximum Gasteiger partial charge on any atom is 0.0547 e. The lowest BCUT2D eigenvalue weighted by Crippen LogP contribution is -2.09. The highest BCUT2D eigenvalue weighted by molar-refractivity contribution is 6.22. The van der Waals surface area contributed by atoms with Crippen molar-refractivity contribution >= 4 is 82.5 Å². The average molecular weight is 893 g/mol. The number of para-hydroxylation sites is 5. The third-order valence-electron chi connectivity index (χ3n) is 14.2. The summed E-state index contributed by atoms with van der Waals surface area (Å²) in [6, 6.07) is 97.0. The molecular weight excluding hydrogens is 849 g/mol. The molecule has 0 amide bonds. The Balaban J connectivity index is 0.951. The molecule has 0 saturated heterocycles. The molecule has 0 aliphatic heterocycles. The van der Waals surface area contributed by atoms with Crippen molar-refractivity contribution in [1.29, 1.82) is 0 Å². The molecule has 0 aliphatic rings. The summed E-state index contributed by atoms with van der Waals surface area (Å²) in [6.07, 6.45) is 0. The Kier molecular flexibility index (Phi) is 9.17. The van der Waals surface area contributed by atoms with E-state index in [0.29, 0.717) is 0 Å². The van der Waals surface area contributed by atoms with E-state index in [1.807, 2.05) is 0 Å². The summed E-state index contributed by atoms with van der Waals surface area (Å²) in [5, 5.41) is 7.38. The fourth-order valence-corrected chi connectivity index (χ4v) is 11.2. The van der Waals surface area contributed by atoms with E-state index >= 15 is 0 Å². The molecule has 11 aromatic carbocycles. The van der Waals surface area contributed by atoms with Gasteiger partial charge in [-0.15, -0.1) is 0 Å². The summed E-state index contributed by atoms with van der Waals surface area (Å²) in [4.78, 5) is 2.31. The maximum atomic E-state index is 2.47. The molecule has 70 heavy (non-hydrogen) atoms. The normalized spacial score (nSPS) is 11.7. The van der Waals surface area contributed by atoms with Gasteiger partial charge in [-0.3, -0.25) is 0 Å². The second-order valence-corrected chi connectivity index (χ2v) is 18.1. The van der Waals surface area contributed by atoms with Crippen molar-refractivity contribution in [3.8, 4) is 39.3 Å². The van der Waals surface area contributed by atoms with Gasteiger partial charge in [-0.05, 0) is 138 Å². The van der Waals surface area contributed by atoms with Gasteiger partial charge in [-0.1, -0.05) is 152 Å². The molecule has 0 spiro atoms. The zero-order chi connectivity index (χ0) is 46.1. The van der Waals surface area contributed by atoms with Gasteiger partial charge in [0.1, 0.15) is 0 Å². The Bertz CT molecular complexity index is 4220. The van der Waals surface area contributed by atoms with Crippen molar-refractivity contribution in [2.45, 2.75) is 0 Å². The maximum absolute atomic E-state index is 2.47. The first kappa shape index (κ1) is 39.8. The lowest BCUT2D eigenvalue weighted by molar-refractivity contribution is 1.17. The monoisotopic (exact) mass is 892 g/mol. The molecule has 3 aromatic heterocycles. The number of anilines is 3. The molecule has 0 unspecified atom stereocenters. The third kappa shape index (κ3) is 6.24. The predicted molar refractivity (Wildman–Crippen MR) is 295 cm³/mol. The SMILES string of the molecule is c1ccc(-c2ccc3c(c2)c2cc(-n4c5ccccc5c5c(-c6cccc7c6c6ccccc6n7-c6ccc(N(c7ccccc7)c7ccccc7)cc6)cccc54)ccc2n3-c2ccccc2)cc1. The van der Waals surface area contributed by atoms with E-state index in [1.165, 1.54) is 87.7 Å². The van der Waals surface area contributed by atoms with E-state index < -0.39 is 0 Å². The Morgan fingerprint density at radius 2 is 0.629 bits per heavy atom. The van der Waals surface area contributed by atoms with Gasteiger partial charge >= 0.3 is 0 Å². The van der Waals surface area contributed by atoms with Crippen LogP contribution in [-0.4, -0.2) is 13.7 Å². The molecule has 0 atom stereocenters. The largest absolute Gasteiger partial charge is 0.311 e. The molecule has 3 heterocycles. The van der Waals surface area contributed by atoms with Gasteiger partial charge in [0.05, 0.1) is 33.1 Å². The number of hydrogen-bond donors (Lipinski definition) is 0. The van der Waals surface area contributed by atoms with E-state index in [1.54, 1.807) is 0 Å². The van der Waals surface area contributed by atoms with Crippen molar-refractivity contribution < 1.29 is 0 Å². The zero-order valence-corrected chi connectivity index (χ0v) is 38.2. The fraction of sp³-hybridized carbons (Fsp3) is 0. The van der Waals surface area contributed by atoms with Crippen LogP contribution in [-0.2, 0) is 0 Å². The van der Waals surface area contributed by atoms with Gasteiger partial charge in [0.25, 0.3) is 0 Å². The first-order chi connectivity index (χ1) is 34.8. The number of benzene rings is 11. The molecular formula is C66H44N4. The molecule has 0 fully saturated rings. The predicted octanol–water partition coefficient (Wildman–Crippen LogP) is 17.8. The van der Waals surface area contributed by atoms with Crippen LogP contribution in [0, 0.1) is 0 Å². The third-order valence-corrected chi connectivity index (χ3v) is 14.2. The quantitative estimate of drug-likeness (QED) is 0.149.